The minimum Gasteiger partial charge on any atom is -0.870 e. The van der Waals surface area contributed by atoms with E-state index in [1.165, 1.54) is 28.4 Å². The summed E-state index contributed by atoms with van der Waals surface area (Å²) in [5.74, 6) is -4.75. The van der Waals surface area contributed by atoms with Gasteiger partial charge in [0, 0.05) is 6.42 Å². The number of aromatic carboxylic acids is 1. The van der Waals surface area contributed by atoms with Crippen molar-refractivity contribution >= 4 is 35.9 Å². The van der Waals surface area contributed by atoms with E-state index in [4.69, 9.17) is 34.2 Å². The standard InChI is InChI=1S/C17H20N2O5.C13H12N2O5.C7H12O4.C4H8O2.C2H6N2O.Na.H2O/c1-17(2,3)24-15(21)12-13(14(20)19-16(18-12)22-4)23-10-11-8-6-5-7-9-11;1-19-13-14-9(12(17)18)10(11(16)15-13)20-7-8-5-3-2-4-6-8;1-7(2,3)11-6(9)5(8)10-4;1-3-4(5)6-2;1-5-2(3)4;;/h5-9H,10H2,1-4H3,(H,18,19,20);2-6H,7H2,1H3,(H,17,18)(H,14,15,16);1-4H3;3H2,1-2H3;1H3,(H3,3,4);;1H2/q;;;;;+1;/p-1. The average molecular weight is 971 g/mol. The van der Waals surface area contributed by atoms with E-state index in [-0.39, 0.29) is 89.5 Å². The van der Waals surface area contributed by atoms with E-state index >= 15 is 0 Å². The molecule has 4 rings (SSSR count). The maximum atomic E-state index is 12.3. The van der Waals surface area contributed by atoms with Gasteiger partial charge in [0.25, 0.3) is 29.2 Å². The number of hydrogen-bond donors (Lipinski definition) is 5. The van der Waals surface area contributed by atoms with Crippen LogP contribution in [0.2, 0.25) is 0 Å². The van der Waals surface area contributed by atoms with Crippen molar-refractivity contribution in [3.05, 3.63) is 104 Å². The van der Waals surface area contributed by atoms with Crippen LogP contribution in [0.25, 0.3) is 0 Å². The molecule has 2 aromatic carbocycles. The van der Waals surface area contributed by atoms with Crippen molar-refractivity contribution in [2.24, 2.45) is 5.73 Å². The predicted molar refractivity (Wildman–Crippen MR) is 238 cm³/mol. The van der Waals surface area contributed by atoms with E-state index in [1.54, 1.807) is 60.6 Å². The first-order valence-corrected chi connectivity index (χ1v) is 19.3. The zero-order valence-corrected chi connectivity index (χ0v) is 42.3. The summed E-state index contributed by atoms with van der Waals surface area (Å²) in [6, 6.07) is 17.8. The Hall–Kier alpha value is -7.02. The second-order valence-electron chi connectivity index (χ2n) is 14.4. The molecule has 0 spiro atoms. The van der Waals surface area contributed by atoms with Gasteiger partial charge in [0.2, 0.25) is 22.9 Å². The molecule has 2 heterocycles. The number of hydrogen-bond acceptors (Lipinski definition) is 20. The zero-order chi connectivity index (χ0) is 50.6. The van der Waals surface area contributed by atoms with Crippen molar-refractivity contribution in [3.8, 4) is 23.5 Å². The smallest absolute Gasteiger partial charge is 0.870 e. The molecule has 24 nitrogen and oxygen atoms in total. The molecule has 0 saturated heterocycles. The van der Waals surface area contributed by atoms with Crippen LogP contribution in [-0.2, 0) is 51.3 Å². The number of methoxy groups -OCH3 is 5. The second kappa shape index (κ2) is 33.4. The number of carbonyl (C=O) groups is 5. The largest absolute Gasteiger partial charge is 1.00 e. The summed E-state index contributed by atoms with van der Waals surface area (Å²) in [6.07, 6.45) is 0.469. The Balaban J connectivity index is -0.000000861. The van der Waals surface area contributed by atoms with Gasteiger partial charge in [-0.05, 0) is 52.7 Å². The Kier molecular flexibility index (Phi) is 32.1. The number of benzene rings is 2. The van der Waals surface area contributed by atoms with E-state index in [2.05, 4.69) is 44.6 Å². The SMILES string of the molecule is CCC(=O)OC.COC(=N)N.COC(=O)C(=O)OC(C)(C)C.COc1nc(C(=O)O)c(OCc2ccccc2)c(=O)[nH]1.COc1nc(C(=O)OC(C)(C)C)c(OCc2ccccc2)c(=O)[nH]1.[Na+].[OH-]. The summed E-state index contributed by atoms with van der Waals surface area (Å²) >= 11 is 0. The normalized spacial score (nSPS) is 9.71. The van der Waals surface area contributed by atoms with Crippen LogP contribution in [0.5, 0.6) is 23.5 Å². The Morgan fingerprint density at radius 2 is 1.03 bits per heavy atom. The van der Waals surface area contributed by atoms with Crippen LogP contribution >= 0.6 is 0 Å². The predicted octanol–water partition coefficient (Wildman–Crippen LogP) is 0.792. The molecule has 370 valence electrons. The van der Waals surface area contributed by atoms with Crippen LogP contribution in [0.4, 0.5) is 0 Å². The van der Waals surface area contributed by atoms with Crippen LogP contribution < -0.4 is 65.4 Å². The summed E-state index contributed by atoms with van der Waals surface area (Å²) in [6.45, 7) is 12.1. The van der Waals surface area contributed by atoms with Gasteiger partial charge in [0.15, 0.2) is 0 Å². The second-order valence-corrected chi connectivity index (χ2v) is 14.4. The number of nitrogens with zero attached hydrogens (tertiary/aromatic N) is 2. The van der Waals surface area contributed by atoms with Crippen molar-refractivity contribution in [3.63, 3.8) is 0 Å². The number of ether oxygens (including phenoxy) is 9. The van der Waals surface area contributed by atoms with Gasteiger partial charge in [-0.15, -0.1) is 0 Å². The maximum absolute atomic E-state index is 12.3. The van der Waals surface area contributed by atoms with E-state index < -0.39 is 51.9 Å². The zero-order valence-electron chi connectivity index (χ0n) is 40.3. The summed E-state index contributed by atoms with van der Waals surface area (Å²) in [7, 11) is 6.47. The Labute approximate surface area is 414 Å². The fourth-order valence-corrected chi connectivity index (χ4v) is 3.96. The Bertz CT molecular complexity index is 2290. The number of nitrogens with one attached hydrogen (secondary N) is 3. The van der Waals surface area contributed by atoms with Gasteiger partial charge in [-0.1, -0.05) is 67.6 Å². The molecule has 0 radical (unpaired) electrons. The van der Waals surface area contributed by atoms with Gasteiger partial charge in [-0.2, -0.15) is 9.97 Å². The molecular formula is C43H59N6NaO18. The minimum atomic E-state index is -1.36. The molecule has 4 aromatic rings. The summed E-state index contributed by atoms with van der Waals surface area (Å²) in [5.41, 5.74) is 2.91. The van der Waals surface area contributed by atoms with Crippen LogP contribution in [0.1, 0.15) is 87.0 Å². The Morgan fingerprint density at radius 1 is 0.647 bits per heavy atom. The monoisotopic (exact) mass is 970 g/mol. The third-order valence-electron chi connectivity index (χ3n) is 6.83. The molecule has 2 aromatic heterocycles. The number of H-pyrrole nitrogens is 2. The molecule has 0 amide bonds. The van der Waals surface area contributed by atoms with Gasteiger partial charge < -0.3 is 58.9 Å². The quantitative estimate of drug-likeness (QED) is 0.0346. The van der Waals surface area contributed by atoms with Crippen molar-refractivity contribution in [1.82, 2.24) is 19.9 Å². The molecule has 0 bridgehead atoms. The first-order chi connectivity index (χ1) is 30.9. The number of aromatic nitrogens is 4. The van der Waals surface area contributed by atoms with E-state index in [0.717, 1.165) is 18.2 Å². The number of aromatic amines is 2. The van der Waals surface area contributed by atoms with Crippen molar-refractivity contribution in [2.45, 2.75) is 79.3 Å². The number of carboxylic acids is 1. The molecule has 0 unspecified atom stereocenters. The van der Waals surface area contributed by atoms with Crippen LogP contribution in [0.15, 0.2) is 70.3 Å². The fraction of sp³-hybridized carbons (Fsp3) is 0.395. The number of amidine groups is 1. The fourth-order valence-electron chi connectivity index (χ4n) is 3.96. The van der Waals surface area contributed by atoms with Gasteiger partial charge in [-0.3, -0.25) is 29.8 Å². The molecule has 0 aliphatic carbocycles. The Morgan fingerprint density at radius 3 is 1.32 bits per heavy atom. The molecular weight excluding hydrogens is 911 g/mol. The van der Waals surface area contributed by atoms with E-state index in [0.29, 0.717) is 6.42 Å². The average Bonchev–Trinajstić information content (AvgIpc) is 3.27. The minimum absolute atomic E-state index is 0. The summed E-state index contributed by atoms with van der Waals surface area (Å²) in [4.78, 5) is 90.9. The molecule has 7 N–H and O–H groups in total. The van der Waals surface area contributed by atoms with Crippen LogP contribution in [0.3, 0.4) is 0 Å². The molecule has 0 saturated carbocycles. The topological polar surface area (TPSA) is 360 Å². The van der Waals surface area contributed by atoms with Gasteiger partial charge in [-0.25, -0.2) is 19.2 Å². The molecule has 0 aliphatic rings. The number of rotatable bonds is 11. The molecule has 25 heteroatoms. The molecule has 0 atom stereocenters. The molecule has 0 fully saturated rings. The summed E-state index contributed by atoms with van der Waals surface area (Å²) in [5, 5.41) is 15.4. The first kappa shape index (κ1) is 65.3. The molecule has 0 aliphatic heterocycles. The van der Waals surface area contributed by atoms with Gasteiger partial charge >= 0.3 is 59.4 Å². The van der Waals surface area contributed by atoms with Crippen molar-refractivity contribution in [1.29, 1.82) is 5.41 Å². The van der Waals surface area contributed by atoms with Crippen molar-refractivity contribution < 1.29 is 107 Å². The third-order valence-corrected chi connectivity index (χ3v) is 6.83. The number of nitrogens with two attached hydrogens (primary N) is 1. The van der Waals surface area contributed by atoms with Gasteiger partial charge in [0.1, 0.15) is 24.4 Å². The van der Waals surface area contributed by atoms with Crippen LogP contribution in [-0.4, -0.2) is 113 Å². The van der Waals surface area contributed by atoms with Crippen LogP contribution in [0, 0.1) is 5.41 Å². The summed E-state index contributed by atoms with van der Waals surface area (Å²) < 4.78 is 42.9. The van der Waals surface area contributed by atoms with Crippen molar-refractivity contribution in [2.75, 3.05) is 35.5 Å². The maximum Gasteiger partial charge on any atom is 1.00 e. The number of esters is 4. The van der Waals surface area contributed by atoms with E-state index in [1.807, 2.05) is 48.5 Å². The third kappa shape index (κ3) is 27.5. The number of carbonyl (C=O) groups excluding carboxylic acids is 4. The van der Waals surface area contributed by atoms with Gasteiger partial charge in [0.05, 0.1) is 35.5 Å². The molecule has 68 heavy (non-hydrogen) atoms. The van der Waals surface area contributed by atoms with E-state index in [9.17, 15) is 33.6 Å². The first-order valence-electron chi connectivity index (χ1n) is 19.3. The number of carboxylic acid groups (broad SMARTS) is 1.